The molecule has 4 nitrogen and oxygen atoms in total. The lowest BCUT2D eigenvalue weighted by Crippen LogP contribution is -2.23. The second kappa shape index (κ2) is 12.4. The Labute approximate surface area is 171 Å². The van der Waals surface area contributed by atoms with Gasteiger partial charge in [0.15, 0.2) is 0 Å². The highest BCUT2D eigenvalue weighted by Crippen LogP contribution is 2.48. The Hall–Kier alpha value is -1.13. The normalized spacial score (nSPS) is 27.8. The average Bonchev–Trinajstić information content (AvgIpc) is 3.18. The molecular weight excluding hydrogens is 350 g/mol. The van der Waals surface area contributed by atoms with Gasteiger partial charge in [0.1, 0.15) is 0 Å². The number of allylic oxidation sites excluding steroid dienone is 2. The van der Waals surface area contributed by atoms with Gasteiger partial charge in [-0.25, -0.2) is 0 Å². The summed E-state index contributed by atoms with van der Waals surface area (Å²) in [5.41, 5.74) is 1.50. The van der Waals surface area contributed by atoms with Crippen molar-refractivity contribution in [1.29, 1.82) is 0 Å². The van der Waals surface area contributed by atoms with Crippen LogP contribution >= 0.6 is 0 Å². The maximum Gasteiger partial charge on any atom is 0.219 e. The first kappa shape index (κ1) is 23.2. The summed E-state index contributed by atoms with van der Waals surface area (Å²) in [4.78, 5) is 11.7. The SMILES string of the molecule is CCCCC[C@H](O)/C=C/[C@@H]1[C@H]2CC(CCCCC(=O)NCCC)=C[C@H]2C[C@H]1O. The zero-order valence-corrected chi connectivity index (χ0v) is 17.9. The van der Waals surface area contributed by atoms with Crippen LogP contribution in [0, 0.1) is 17.8 Å². The summed E-state index contributed by atoms with van der Waals surface area (Å²) >= 11 is 0. The first-order chi connectivity index (χ1) is 13.5. The molecule has 0 aliphatic heterocycles. The Morgan fingerprint density at radius 2 is 2.07 bits per heavy atom. The van der Waals surface area contributed by atoms with Gasteiger partial charge in [0.25, 0.3) is 0 Å². The Bertz CT molecular complexity index is 528. The Morgan fingerprint density at radius 1 is 1.25 bits per heavy atom. The van der Waals surface area contributed by atoms with E-state index in [-0.39, 0.29) is 24.0 Å². The number of fused-ring (bicyclic) bond motifs is 1. The minimum atomic E-state index is -0.384. The summed E-state index contributed by atoms with van der Waals surface area (Å²) in [5.74, 6) is 1.30. The van der Waals surface area contributed by atoms with Crippen molar-refractivity contribution in [2.45, 2.75) is 96.7 Å². The largest absolute Gasteiger partial charge is 0.392 e. The lowest BCUT2D eigenvalue weighted by atomic mass is 9.88. The molecule has 0 spiro atoms. The molecule has 28 heavy (non-hydrogen) atoms. The standard InChI is InChI=1S/C24H41NO3/c1-3-5-6-10-20(26)12-13-21-22-16-18(15-19(22)17-23(21)27)9-7-8-11-24(28)25-14-4-2/h12-13,15,19-23,26-27H,3-11,14,16-17H2,1-2H3,(H,25,28)/b13-12+/t19-,20-,21+,22-,23+/m0/s1. The number of hydrogen-bond donors (Lipinski definition) is 3. The third-order valence-electron chi connectivity index (χ3n) is 6.33. The maximum absolute atomic E-state index is 11.7. The topological polar surface area (TPSA) is 69.6 Å². The third kappa shape index (κ3) is 7.36. The summed E-state index contributed by atoms with van der Waals surface area (Å²) in [6, 6.07) is 0. The zero-order chi connectivity index (χ0) is 20.4. The van der Waals surface area contributed by atoms with Crippen LogP contribution in [0.4, 0.5) is 0 Å². The molecule has 0 aromatic heterocycles. The predicted molar refractivity (Wildman–Crippen MR) is 115 cm³/mol. The van der Waals surface area contributed by atoms with Crippen molar-refractivity contribution >= 4 is 5.91 Å². The highest BCUT2D eigenvalue weighted by atomic mass is 16.3. The van der Waals surface area contributed by atoms with Crippen LogP contribution in [0.2, 0.25) is 0 Å². The number of carbonyl (C=O) groups is 1. The molecule has 4 heteroatoms. The van der Waals surface area contributed by atoms with E-state index in [1.807, 2.05) is 6.08 Å². The summed E-state index contributed by atoms with van der Waals surface area (Å²) in [6.07, 6.45) is 16.5. The number of amides is 1. The van der Waals surface area contributed by atoms with Gasteiger partial charge in [-0.1, -0.05) is 56.9 Å². The molecule has 0 unspecified atom stereocenters. The molecule has 2 rings (SSSR count). The van der Waals surface area contributed by atoms with Crippen LogP contribution in [0.3, 0.4) is 0 Å². The van der Waals surface area contributed by atoms with Crippen LogP contribution in [0.15, 0.2) is 23.8 Å². The minimum absolute atomic E-state index is 0.166. The Kier molecular flexibility index (Phi) is 10.3. The third-order valence-corrected chi connectivity index (χ3v) is 6.33. The number of aliphatic hydroxyl groups is 2. The number of aliphatic hydroxyl groups excluding tert-OH is 2. The summed E-state index contributed by atoms with van der Waals surface area (Å²) < 4.78 is 0. The van der Waals surface area contributed by atoms with Crippen LogP contribution in [0.25, 0.3) is 0 Å². The zero-order valence-electron chi connectivity index (χ0n) is 17.9. The first-order valence-corrected chi connectivity index (χ1v) is 11.6. The fourth-order valence-electron chi connectivity index (χ4n) is 4.74. The smallest absolute Gasteiger partial charge is 0.219 e. The van der Waals surface area contributed by atoms with Gasteiger partial charge >= 0.3 is 0 Å². The molecule has 1 fully saturated rings. The molecule has 0 aromatic rings. The second-order valence-corrected chi connectivity index (χ2v) is 8.74. The van der Waals surface area contributed by atoms with Crippen LogP contribution in [0.5, 0.6) is 0 Å². The van der Waals surface area contributed by atoms with Gasteiger partial charge in [-0.2, -0.15) is 0 Å². The van der Waals surface area contributed by atoms with E-state index in [4.69, 9.17) is 0 Å². The van der Waals surface area contributed by atoms with Crippen molar-refractivity contribution in [2.24, 2.45) is 17.8 Å². The van der Waals surface area contributed by atoms with Crippen molar-refractivity contribution in [1.82, 2.24) is 5.32 Å². The predicted octanol–water partition coefficient (Wildman–Crippen LogP) is 4.51. The van der Waals surface area contributed by atoms with E-state index in [0.29, 0.717) is 18.3 Å². The highest BCUT2D eigenvalue weighted by molar-refractivity contribution is 5.75. The molecule has 5 atom stereocenters. The lowest BCUT2D eigenvalue weighted by Gasteiger charge is -2.19. The van der Waals surface area contributed by atoms with Crippen molar-refractivity contribution < 1.29 is 15.0 Å². The van der Waals surface area contributed by atoms with Crippen molar-refractivity contribution in [2.75, 3.05) is 6.54 Å². The fraction of sp³-hybridized carbons (Fsp3) is 0.792. The van der Waals surface area contributed by atoms with Crippen LogP contribution in [0.1, 0.15) is 84.5 Å². The van der Waals surface area contributed by atoms with Crippen molar-refractivity contribution in [3.63, 3.8) is 0 Å². The highest BCUT2D eigenvalue weighted by Gasteiger charge is 2.43. The molecule has 160 valence electrons. The molecule has 0 heterocycles. The van der Waals surface area contributed by atoms with Crippen LogP contribution in [-0.4, -0.2) is 34.9 Å². The molecule has 0 radical (unpaired) electrons. The van der Waals surface area contributed by atoms with Gasteiger partial charge < -0.3 is 15.5 Å². The van der Waals surface area contributed by atoms with Gasteiger partial charge in [0, 0.05) is 18.9 Å². The molecule has 0 bridgehead atoms. The Morgan fingerprint density at radius 3 is 2.82 bits per heavy atom. The summed E-state index contributed by atoms with van der Waals surface area (Å²) in [7, 11) is 0. The quantitative estimate of drug-likeness (QED) is 0.319. The monoisotopic (exact) mass is 391 g/mol. The lowest BCUT2D eigenvalue weighted by molar-refractivity contribution is -0.121. The molecule has 0 aromatic carbocycles. The number of rotatable bonds is 13. The number of carbonyl (C=O) groups excluding carboxylic acids is 1. The van der Waals surface area contributed by atoms with Crippen molar-refractivity contribution in [3.05, 3.63) is 23.8 Å². The molecule has 2 aliphatic rings. The van der Waals surface area contributed by atoms with E-state index in [0.717, 1.165) is 64.3 Å². The van der Waals surface area contributed by atoms with E-state index < -0.39 is 0 Å². The van der Waals surface area contributed by atoms with Gasteiger partial charge in [-0.15, -0.1) is 0 Å². The molecule has 1 saturated carbocycles. The van der Waals surface area contributed by atoms with Crippen LogP contribution in [-0.2, 0) is 4.79 Å². The van der Waals surface area contributed by atoms with E-state index >= 15 is 0 Å². The number of nitrogens with one attached hydrogen (secondary N) is 1. The molecule has 3 N–H and O–H groups in total. The van der Waals surface area contributed by atoms with E-state index in [1.165, 1.54) is 12.0 Å². The van der Waals surface area contributed by atoms with Gasteiger partial charge in [0.05, 0.1) is 12.2 Å². The van der Waals surface area contributed by atoms with E-state index in [9.17, 15) is 15.0 Å². The molecular formula is C24H41NO3. The average molecular weight is 392 g/mol. The number of unbranched alkanes of at least 4 members (excludes halogenated alkanes) is 3. The molecule has 1 amide bonds. The molecule has 0 saturated heterocycles. The van der Waals surface area contributed by atoms with Gasteiger partial charge in [-0.05, 0) is 56.8 Å². The summed E-state index contributed by atoms with van der Waals surface area (Å²) in [5, 5.41) is 23.5. The first-order valence-electron chi connectivity index (χ1n) is 11.6. The molecule has 2 aliphatic carbocycles. The Balaban J connectivity index is 1.72. The summed E-state index contributed by atoms with van der Waals surface area (Å²) in [6.45, 7) is 5.01. The minimum Gasteiger partial charge on any atom is -0.392 e. The van der Waals surface area contributed by atoms with E-state index in [2.05, 4.69) is 31.3 Å². The fourth-order valence-corrected chi connectivity index (χ4v) is 4.74. The number of hydrogen-bond acceptors (Lipinski definition) is 3. The van der Waals surface area contributed by atoms with Gasteiger partial charge in [-0.3, -0.25) is 4.79 Å². The van der Waals surface area contributed by atoms with Crippen LogP contribution < -0.4 is 5.32 Å². The van der Waals surface area contributed by atoms with E-state index in [1.54, 1.807) is 0 Å². The maximum atomic E-state index is 11.7. The second-order valence-electron chi connectivity index (χ2n) is 8.74. The van der Waals surface area contributed by atoms with Crippen molar-refractivity contribution in [3.8, 4) is 0 Å². The van der Waals surface area contributed by atoms with Gasteiger partial charge in [0.2, 0.25) is 5.91 Å².